The average molecular weight is 167 g/mol. The zero-order valence-electron chi connectivity index (χ0n) is 7.53. The second-order valence-corrected chi connectivity index (χ2v) is 3.08. The van der Waals surface area contributed by atoms with E-state index < -0.39 is 0 Å². The van der Waals surface area contributed by atoms with Gasteiger partial charge < -0.3 is 10.4 Å². The Hall–Kier alpha value is -0.600. The van der Waals surface area contributed by atoms with Gasteiger partial charge in [0.2, 0.25) is 0 Å². The van der Waals surface area contributed by atoms with Crippen LogP contribution in [0.15, 0.2) is 24.3 Å². The first kappa shape index (κ1) is 9.49. The van der Waals surface area contributed by atoms with E-state index in [9.17, 15) is 0 Å². The number of hydrogen-bond acceptors (Lipinski definition) is 2. The maximum absolute atomic E-state index is 8.93. The van der Waals surface area contributed by atoms with Crippen LogP contribution in [0.3, 0.4) is 0 Å². The maximum atomic E-state index is 8.93. The van der Waals surface area contributed by atoms with E-state index in [0.29, 0.717) is 5.92 Å². The lowest BCUT2D eigenvalue weighted by atomic mass is 10.0. The third-order valence-electron chi connectivity index (χ3n) is 2.14. The molecule has 1 heterocycles. The zero-order valence-corrected chi connectivity index (χ0v) is 7.53. The molecule has 0 aromatic carbocycles. The Bertz CT molecular complexity index is 175. The molecule has 1 aliphatic heterocycles. The van der Waals surface area contributed by atoms with E-state index in [1.165, 1.54) is 0 Å². The molecule has 1 aliphatic rings. The molecule has 0 saturated carbocycles. The highest BCUT2D eigenvalue weighted by Gasteiger charge is 2.04. The fraction of sp³-hybridized carbons (Fsp3) is 0.600. The van der Waals surface area contributed by atoms with E-state index in [-0.39, 0.29) is 12.6 Å². The highest BCUT2D eigenvalue weighted by atomic mass is 16.3. The molecule has 2 heteroatoms. The summed E-state index contributed by atoms with van der Waals surface area (Å²) in [5, 5.41) is 12.1. The predicted octanol–water partition coefficient (Wildman–Crippen LogP) is 1.09. The Kier molecular flexibility index (Phi) is 4.05. The smallest absolute Gasteiger partial charge is 0.0620 e. The Morgan fingerprint density at radius 3 is 2.92 bits per heavy atom. The molecule has 0 spiro atoms. The predicted molar refractivity (Wildman–Crippen MR) is 50.9 cm³/mol. The van der Waals surface area contributed by atoms with Crippen molar-refractivity contribution in [1.82, 2.24) is 5.32 Å². The number of rotatable bonds is 2. The van der Waals surface area contributed by atoms with Crippen LogP contribution in [0.1, 0.15) is 13.3 Å². The molecule has 0 bridgehead atoms. The summed E-state index contributed by atoms with van der Waals surface area (Å²) in [6, 6.07) is 0.129. The van der Waals surface area contributed by atoms with Crippen molar-refractivity contribution in [3.63, 3.8) is 0 Å². The lowest BCUT2D eigenvalue weighted by Crippen LogP contribution is -2.31. The molecule has 0 aliphatic carbocycles. The summed E-state index contributed by atoms with van der Waals surface area (Å²) in [5.74, 6) is 0.543. The molecule has 12 heavy (non-hydrogen) atoms. The van der Waals surface area contributed by atoms with Gasteiger partial charge in [-0.3, -0.25) is 0 Å². The minimum Gasteiger partial charge on any atom is -0.394 e. The molecule has 2 unspecified atom stereocenters. The van der Waals surface area contributed by atoms with E-state index in [4.69, 9.17) is 5.11 Å². The molecular formula is C10H17NO. The van der Waals surface area contributed by atoms with Gasteiger partial charge in [0, 0.05) is 12.6 Å². The maximum Gasteiger partial charge on any atom is 0.0620 e. The molecule has 1 rings (SSSR count). The topological polar surface area (TPSA) is 32.3 Å². The number of aliphatic hydroxyl groups excluding tert-OH is 1. The van der Waals surface area contributed by atoms with Crippen molar-refractivity contribution >= 4 is 0 Å². The zero-order chi connectivity index (χ0) is 8.81. The summed E-state index contributed by atoms with van der Waals surface area (Å²) < 4.78 is 0. The lowest BCUT2D eigenvalue weighted by Gasteiger charge is -2.14. The van der Waals surface area contributed by atoms with Crippen LogP contribution in [0.2, 0.25) is 0 Å². The monoisotopic (exact) mass is 167 g/mol. The van der Waals surface area contributed by atoms with Gasteiger partial charge >= 0.3 is 0 Å². The molecule has 0 aromatic rings. The number of hydrogen-bond donors (Lipinski definition) is 2. The summed E-state index contributed by atoms with van der Waals surface area (Å²) in [6.07, 6.45) is 9.67. The standard InChI is InChI=1S/C10H17NO/c1-2-9-4-3-7-11-10(8-12)6-5-9/h3-6,9-12H,2,7-8H2,1H3/b4-3-,6-5?. The van der Waals surface area contributed by atoms with E-state index in [0.717, 1.165) is 13.0 Å². The first-order chi connectivity index (χ1) is 5.86. The van der Waals surface area contributed by atoms with Crippen molar-refractivity contribution in [2.24, 2.45) is 5.92 Å². The third kappa shape index (κ3) is 2.80. The minimum atomic E-state index is 0.129. The third-order valence-corrected chi connectivity index (χ3v) is 2.14. The van der Waals surface area contributed by atoms with Gasteiger partial charge in [0.05, 0.1) is 6.61 Å². The largest absolute Gasteiger partial charge is 0.394 e. The first-order valence-electron chi connectivity index (χ1n) is 4.56. The fourth-order valence-electron chi connectivity index (χ4n) is 1.27. The summed E-state index contributed by atoms with van der Waals surface area (Å²) >= 11 is 0. The Labute approximate surface area is 74.0 Å². The summed E-state index contributed by atoms with van der Waals surface area (Å²) in [7, 11) is 0. The van der Waals surface area contributed by atoms with Gasteiger partial charge in [0.25, 0.3) is 0 Å². The van der Waals surface area contributed by atoms with Gasteiger partial charge in [-0.15, -0.1) is 0 Å². The highest BCUT2D eigenvalue weighted by Crippen LogP contribution is 2.08. The van der Waals surface area contributed by atoms with E-state index in [1.54, 1.807) is 0 Å². The second kappa shape index (κ2) is 5.12. The second-order valence-electron chi connectivity index (χ2n) is 3.08. The number of nitrogens with one attached hydrogen (secondary N) is 1. The van der Waals surface area contributed by atoms with E-state index in [1.807, 2.05) is 0 Å². The SMILES string of the molecule is CCC1C=CC(CO)NC/C=C\1. The van der Waals surface area contributed by atoms with Crippen LogP contribution in [0.25, 0.3) is 0 Å². The molecular weight excluding hydrogens is 150 g/mol. The molecule has 0 radical (unpaired) electrons. The Morgan fingerprint density at radius 2 is 2.25 bits per heavy atom. The van der Waals surface area contributed by atoms with Crippen molar-refractivity contribution in [1.29, 1.82) is 0 Å². The van der Waals surface area contributed by atoms with Crippen LogP contribution in [0, 0.1) is 5.92 Å². The van der Waals surface area contributed by atoms with Crippen molar-refractivity contribution in [3.05, 3.63) is 24.3 Å². The number of allylic oxidation sites excluding steroid dienone is 2. The van der Waals surface area contributed by atoms with Crippen LogP contribution in [-0.4, -0.2) is 24.3 Å². The molecule has 2 atom stereocenters. The van der Waals surface area contributed by atoms with Crippen LogP contribution in [0.5, 0.6) is 0 Å². The van der Waals surface area contributed by atoms with Gasteiger partial charge in [-0.2, -0.15) is 0 Å². The van der Waals surface area contributed by atoms with Gasteiger partial charge in [-0.05, 0) is 12.3 Å². The van der Waals surface area contributed by atoms with Crippen LogP contribution >= 0.6 is 0 Å². The number of aliphatic hydroxyl groups is 1. The normalized spacial score (nSPS) is 32.5. The van der Waals surface area contributed by atoms with Gasteiger partial charge in [0.15, 0.2) is 0 Å². The summed E-state index contributed by atoms with van der Waals surface area (Å²) in [6.45, 7) is 3.20. The Balaban J connectivity index is 2.53. The quantitative estimate of drug-likeness (QED) is 0.603. The van der Waals surface area contributed by atoms with E-state index in [2.05, 4.69) is 36.5 Å². The van der Waals surface area contributed by atoms with Gasteiger partial charge in [0.1, 0.15) is 0 Å². The van der Waals surface area contributed by atoms with Gasteiger partial charge in [-0.25, -0.2) is 0 Å². The molecule has 68 valence electrons. The molecule has 0 fully saturated rings. The highest BCUT2D eigenvalue weighted by molar-refractivity contribution is 5.07. The van der Waals surface area contributed by atoms with Crippen molar-refractivity contribution < 1.29 is 5.11 Å². The van der Waals surface area contributed by atoms with Crippen LogP contribution < -0.4 is 5.32 Å². The van der Waals surface area contributed by atoms with Crippen molar-refractivity contribution in [2.45, 2.75) is 19.4 Å². The average Bonchev–Trinajstić information content (AvgIpc) is 2.05. The minimum absolute atomic E-state index is 0.129. The molecule has 0 saturated heterocycles. The van der Waals surface area contributed by atoms with Crippen LogP contribution in [0.4, 0.5) is 0 Å². The fourth-order valence-corrected chi connectivity index (χ4v) is 1.27. The van der Waals surface area contributed by atoms with Gasteiger partial charge in [-0.1, -0.05) is 31.2 Å². The van der Waals surface area contributed by atoms with Crippen molar-refractivity contribution in [2.75, 3.05) is 13.2 Å². The van der Waals surface area contributed by atoms with Crippen molar-refractivity contribution in [3.8, 4) is 0 Å². The van der Waals surface area contributed by atoms with Crippen LogP contribution in [-0.2, 0) is 0 Å². The molecule has 2 N–H and O–H groups in total. The molecule has 0 amide bonds. The summed E-state index contributed by atoms with van der Waals surface area (Å²) in [5.41, 5.74) is 0. The summed E-state index contributed by atoms with van der Waals surface area (Å²) in [4.78, 5) is 0. The molecule has 2 nitrogen and oxygen atoms in total. The Morgan fingerprint density at radius 1 is 1.42 bits per heavy atom. The lowest BCUT2D eigenvalue weighted by molar-refractivity contribution is 0.266. The van der Waals surface area contributed by atoms with E-state index >= 15 is 0 Å². The molecule has 0 aromatic heterocycles. The first-order valence-corrected chi connectivity index (χ1v) is 4.56.